The van der Waals surface area contributed by atoms with Gasteiger partial charge in [-0.3, -0.25) is 14.9 Å². The van der Waals surface area contributed by atoms with E-state index in [1.165, 1.54) is 12.8 Å². The number of hydrogen-bond donors (Lipinski definition) is 2. The highest BCUT2D eigenvalue weighted by atomic mass is 19.1. The Labute approximate surface area is 153 Å². The predicted octanol–water partition coefficient (Wildman–Crippen LogP) is 3.37. The van der Waals surface area contributed by atoms with Crippen LogP contribution in [0.25, 0.3) is 11.3 Å². The number of halogens is 1. The molecule has 0 atom stereocenters. The fraction of sp³-hybridized carbons (Fsp3) is 0.526. The number of carbonyl (C=O) groups excluding carboxylic acids is 1. The summed E-state index contributed by atoms with van der Waals surface area (Å²) in [4.78, 5) is 19.2. The van der Waals surface area contributed by atoms with Gasteiger partial charge in [0.25, 0.3) is 0 Å². The van der Waals surface area contributed by atoms with Gasteiger partial charge in [-0.25, -0.2) is 4.39 Å². The third-order valence-corrected chi connectivity index (χ3v) is 5.00. The lowest BCUT2D eigenvalue weighted by atomic mass is 9.88. The molecule has 2 N–H and O–H groups in total. The molecule has 1 aliphatic heterocycles. The Balaban J connectivity index is 1.66. The molecule has 0 radical (unpaired) electrons. The van der Waals surface area contributed by atoms with E-state index in [1.54, 1.807) is 18.3 Å². The SMILES string of the molecule is Cc1ccc(-c2n[nH]c(NC(=O)C(C)(C)CCN3CCCC3)c2F)cn1. The first-order valence-electron chi connectivity index (χ1n) is 9.07. The van der Waals surface area contributed by atoms with Crippen molar-refractivity contribution in [2.45, 2.75) is 40.0 Å². The molecular weight excluding hydrogens is 333 g/mol. The second kappa shape index (κ2) is 7.53. The third kappa shape index (κ3) is 4.09. The summed E-state index contributed by atoms with van der Waals surface area (Å²) in [7, 11) is 0. The molecule has 1 fully saturated rings. The van der Waals surface area contributed by atoms with Gasteiger partial charge in [-0.2, -0.15) is 5.10 Å². The van der Waals surface area contributed by atoms with Gasteiger partial charge in [0, 0.05) is 22.9 Å². The summed E-state index contributed by atoms with van der Waals surface area (Å²) in [6.07, 6.45) is 4.74. The summed E-state index contributed by atoms with van der Waals surface area (Å²) < 4.78 is 14.7. The zero-order valence-electron chi connectivity index (χ0n) is 15.6. The molecule has 0 spiro atoms. The summed E-state index contributed by atoms with van der Waals surface area (Å²) >= 11 is 0. The van der Waals surface area contributed by atoms with E-state index in [0.29, 0.717) is 5.56 Å². The van der Waals surface area contributed by atoms with Crippen LogP contribution in [-0.2, 0) is 4.79 Å². The van der Waals surface area contributed by atoms with Crippen molar-refractivity contribution >= 4 is 11.7 Å². The second-order valence-corrected chi connectivity index (χ2v) is 7.59. The molecule has 3 heterocycles. The van der Waals surface area contributed by atoms with Gasteiger partial charge in [0.05, 0.1) is 0 Å². The van der Waals surface area contributed by atoms with Gasteiger partial charge >= 0.3 is 0 Å². The standard InChI is InChI=1S/C19H26FN5O/c1-13-6-7-14(12-21-13)16-15(20)17(24-23-16)22-18(26)19(2,3)8-11-25-9-4-5-10-25/h6-7,12H,4-5,8-11H2,1-3H3,(H2,22,23,24,26). The average Bonchev–Trinajstić information content (AvgIpc) is 3.25. The lowest BCUT2D eigenvalue weighted by molar-refractivity contribution is -0.124. The van der Waals surface area contributed by atoms with Crippen LogP contribution in [0.4, 0.5) is 10.2 Å². The molecule has 6 nitrogen and oxygen atoms in total. The van der Waals surface area contributed by atoms with Gasteiger partial charge in [0.2, 0.25) is 5.91 Å². The number of pyridine rings is 1. The Hall–Kier alpha value is -2.28. The summed E-state index contributed by atoms with van der Waals surface area (Å²) in [5, 5.41) is 9.25. The van der Waals surface area contributed by atoms with Crippen LogP contribution < -0.4 is 5.32 Å². The highest BCUT2D eigenvalue weighted by Gasteiger charge is 2.30. The molecule has 0 aliphatic carbocycles. The number of nitrogens with zero attached hydrogens (tertiary/aromatic N) is 3. The summed E-state index contributed by atoms with van der Waals surface area (Å²) in [5.74, 6) is -0.785. The molecule has 2 aromatic rings. The van der Waals surface area contributed by atoms with Gasteiger partial charge in [-0.05, 0) is 58.0 Å². The minimum absolute atomic E-state index is 0.000164. The highest BCUT2D eigenvalue weighted by Crippen LogP contribution is 2.28. The largest absolute Gasteiger partial charge is 0.308 e. The van der Waals surface area contributed by atoms with Crippen LogP contribution in [0.3, 0.4) is 0 Å². The van der Waals surface area contributed by atoms with Crippen LogP contribution in [0, 0.1) is 18.2 Å². The van der Waals surface area contributed by atoms with E-state index in [4.69, 9.17) is 0 Å². The summed E-state index contributed by atoms with van der Waals surface area (Å²) in [6.45, 7) is 8.71. The van der Waals surface area contributed by atoms with Crippen molar-refractivity contribution in [2.75, 3.05) is 25.0 Å². The van der Waals surface area contributed by atoms with Crippen molar-refractivity contribution in [2.24, 2.45) is 5.41 Å². The van der Waals surface area contributed by atoms with Crippen molar-refractivity contribution in [1.82, 2.24) is 20.1 Å². The second-order valence-electron chi connectivity index (χ2n) is 7.59. The van der Waals surface area contributed by atoms with Crippen LogP contribution in [-0.4, -0.2) is 45.6 Å². The maximum absolute atomic E-state index is 14.7. The van der Waals surface area contributed by atoms with Crippen molar-refractivity contribution < 1.29 is 9.18 Å². The lowest BCUT2D eigenvalue weighted by Crippen LogP contribution is -2.35. The minimum atomic E-state index is -0.592. The molecule has 0 bridgehead atoms. The van der Waals surface area contributed by atoms with E-state index in [1.807, 2.05) is 20.8 Å². The van der Waals surface area contributed by atoms with Crippen LogP contribution >= 0.6 is 0 Å². The zero-order chi connectivity index (χ0) is 18.7. The van der Waals surface area contributed by atoms with Gasteiger partial charge in [0.15, 0.2) is 11.6 Å². The van der Waals surface area contributed by atoms with Crippen molar-refractivity contribution in [3.05, 3.63) is 29.8 Å². The van der Waals surface area contributed by atoms with E-state index in [0.717, 1.165) is 31.7 Å². The quantitative estimate of drug-likeness (QED) is 0.829. The molecular formula is C19H26FN5O. The fourth-order valence-electron chi connectivity index (χ4n) is 3.05. The smallest absolute Gasteiger partial charge is 0.231 e. The predicted molar refractivity (Wildman–Crippen MR) is 99.2 cm³/mol. The summed E-state index contributed by atoms with van der Waals surface area (Å²) in [5.41, 5.74) is 0.977. The molecule has 26 heavy (non-hydrogen) atoms. The Morgan fingerprint density at radius 1 is 1.35 bits per heavy atom. The topological polar surface area (TPSA) is 73.9 Å². The number of carbonyl (C=O) groups is 1. The first-order chi connectivity index (χ1) is 12.4. The van der Waals surface area contributed by atoms with Gasteiger partial charge < -0.3 is 10.2 Å². The maximum atomic E-state index is 14.7. The van der Waals surface area contributed by atoms with E-state index in [2.05, 4.69) is 25.4 Å². The van der Waals surface area contributed by atoms with Crippen LogP contribution in [0.1, 0.15) is 38.8 Å². The zero-order valence-corrected chi connectivity index (χ0v) is 15.6. The first kappa shape index (κ1) is 18.5. The lowest BCUT2D eigenvalue weighted by Gasteiger charge is -2.26. The van der Waals surface area contributed by atoms with Crippen molar-refractivity contribution in [3.8, 4) is 11.3 Å². The molecule has 1 amide bonds. The van der Waals surface area contributed by atoms with Crippen LogP contribution in [0.5, 0.6) is 0 Å². The highest BCUT2D eigenvalue weighted by molar-refractivity contribution is 5.94. The summed E-state index contributed by atoms with van der Waals surface area (Å²) in [6, 6.07) is 3.55. The molecule has 0 aromatic carbocycles. The number of aromatic nitrogens is 3. The van der Waals surface area contributed by atoms with Crippen LogP contribution in [0.15, 0.2) is 18.3 Å². The number of H-pyrrole nitrogens is 1. The number of aromatic amines is 1. The number of amides is 1. The normalized spacial score (nSPS) is 15.4. The molecule has 3 rings (SSSR count). The molecule has 0 unspecified atom stereocenters. The Bertz CT molecular complexity index is 763. The molecule has 1 saturated heterocycles. The van der Waals surface area contributed by atoms with Gasteiger partial charge in [-0.15, -0.1) is 0 Å². The van der Waals surface area contributed by atoms with Gasteiger partial charge in [-0.1, -0.05) is 13.8 Å². The Kier molecular flexibility index (Phi) is 5.36. The number of nitrogens with one attached hydrogen (secondary N) is 2. The number of anilines is 1. The molecule has 140 valence electrons. The number of aryl methyl sites for hydroxylation is 1. The average molecular weight is 359 g/mol. The maximum Gasteiger partial charge on any atom is 0.231 e. The fourth-order valence-corrected chi connectivity index (χ4v) is 3.05. The third-order valence-electron chi connectivity index (χ3n) is 5.00. The van der Waals surface area contributed by atoms with E-state index in [-0.39, 0.29) is 17.4 Å². The minimum Gasteiger partial charge on any atom is -0.308 e. The Morgan fingerprint density at radius 3 is 2.73 bits per heavy atom. The van der Waals surface area contributed by atoms with E-state index < -0.39 is 11.2 Å². The molecule has 7 heteroatoms. The Morgan fingerprint density at radius 2 is 2.08 bits per heavy atom. The van der Waals surface area contributed by atoms with Crippen molar-refractivity contribution in [1.29, 1.82) is 0 Å². The number of hydrogen-bond acceptors (Lipinski definition) is 4. The first-order valence-corrected chi connectivity index (χ1v) is 9.07. The van der Waals surface area contributed by atoms with Crippen molar-refractivity contribution in [3.63, 3.8) is 0 Å². The molecule has 0 saturated carbocycles. The van der Waals surface area contributed by atoms with E-state index >= 15 is 0 Å². The molecule has 2 aromatic heterocycles. The van der Waals surface area contributed by atoms with E-state index in [9.17, 15) is 9.18 Å². The van der Waals surface area contributed by atoms with Gasteiger partial charge in [0.1, 0.15) is 5.69 Å². The number of likely N-dealkylation sites (tertiary alicyclic amines) is 1. The van der Waals surface area contributed by atoms with Crippen LogP contribution in [0.2, 0.25) is 0 Å². The molecule has 1 aliphatic rings. The number of rotatable bonds is 6. The monoisotopic (exact) mass is 359 g/mol.